The van der Waals surface area contributed by atoms with Crippen LogP contribution in [-0.4, -0.2) is 45.2 Å². The molecule has 1 atom stereocenters. The van der Waals surface area contributed by atoms with Gasteiger partial charge in [0.2, 0.25) is 5.91 Å². The van der Waals surface area contributed by atoms with E-state index in [0.717, 1.165) is 18.6 Å². The van der Waals surface area contributed by atoms with Crippen molar-refractivity contribution < 1.29 is 14.6 Å². The summed E-state index contributed by atoms with van der Waals surface area (Å²) in [7, 11) is 1.89. The summed E-state index contributed by atoms with van der Waals surface area (Å²) in [5.41, 5.74) is 0. The second-order valence-corrected chi connectivity index (χ2v) is 6.47. The summed E-state index contributed by atoms with van der Waals surface area (Å²) in [6, 6.07) is 9.52. The Bertz CT molecular complexity index is 678. The largest absolute Gasteiger partial charge is 0.493 e. The summed E-state index contributed by atoms with van der Waals surface area (Å²) in [5.74, 6) is 1.74. The third-order valence-corrected chi connectivity index (χ3v) is 4.79. The van der Waals surface area contributed by atoms with Crippen molar-refractivity contribution in [3.8, 4) is 5.75 Å². The molecule has 1 fully saturated rings. The molecule has 0 unspecified atom stereocenters. The monoisotopic (exact) mass is 343 g/mol. The van der Waals surface area contributed by atoms with Gasteiger partial charge in [0, 0.05) is 32.5 Å². The van der Waals surface area contributed by atoms with Crippen LogP contribution in [0.4, 0.5) is 0 Å². The number of carbonyl (C=O) groups is 1. The van der Waals surface area contributed by atoms with Crippen LogP contribution in [0, 0.1) is 5.92 Å². The van der Waals surface area contributed by atoms with Crippen molar-refractivity contribution >= 4 is 5.91 Å². The molecule has 2 heterocycles. The van der Waals surface area contributed by atoms with Gasteiger partial charge in [-0.1, -0.05) is 18.2 Å². The first-order chi connectivity index (χ1) is 12.1. The van der Waals surface area contributed by atoms with Crippen molar-refractivity contribution in [3.05, 3.63) is 48.5 Å². The van der Waals surface area contributed by atoms with Crippen LogP contribution in [0.25, 0.3) is 0 Å². The highest BCUT2D eigenvalue weighted by Gasteiger charge is 2.29. The number of hydrogen-bond donors (Lipinski definition) is 1. The highest BCUT2D eigenvalue weighted by Crippen LogP contribution is 2.29. The molecule has 6 heteroatoms. The number of piperidine rings is 1. The Morgan fingerprint density at radius 1 is 1.32 bits per heavy atom. The van der Waals surface area contributed by atoms with Crippen LogP contribution in [0.2, 0.25) is 0 Å². The summed E-state index contributed by atoms with van der Waals surface area (Å²) < 4.78 is 7.44. The Hall–Kier alpha value is -2.34. The minimum atomic E-state index is -0.571. The van der Waals surface area contributed by atoms with Crippen molar-refractivity contribution in [3.63, 3.8) is 0 Å². The zero-order chi connectivity index (χ0) is 17.6. The Labute approximate surface area is 148 Å². The molecule has 1 amide bonds. The molecule has 1 aromatic carbocycles. The number of aryl methyl sites for hydroxylation is 1. The van der Waals surface area contributed by atoms with Gasteiger partial charge in [-0.15, -0.1) is 0 Å². The van der Waals surface area contributed by atoms with Crippen LogP contribution >= 0.6 is 0 Å². The first-order valence-electron chi connectivity index (χ1n) is 8.76. The lowest BCUT2D eigenvalue weighted by molar-refractivity contribution is -0.133. The van der Waals surface area contributed by atoms with E-state index in [1.807, 2.05) is 53.0 Å². The molecule has 1 aliphatic heterocycles. The lowest BCUT2D eigenvalue weighted by Gasteiger charge is -2.34. The molecule has 25 heavy (non-hydrogen) atoms. The van der Waals surface area contributed by atoms with Gasteiger partial charge in [0.1, 0.15) is 17.7 Å². The number of para-hydroxylation sites is 1. The van der Waals surface area contributed by atoms with Gasteiger partial charge >= 0.3 is 0 Å². The summed E-state index contributed by atoms with van der Waals surface area (Å²) in [4.78, 5) is 18.4. The molecule has 134 valence electrons. The number of nitrogens with zero attached hydrogens (tertiary/aromatic N) is 3. The maximum atomic E-state index is 12.3. The fourth-order valence-corrected chi connectivity index (χ4v) is 3.27. The van der Waals surface area contributed by atoms with Crippen LogP contribution in [0.1, 0.15) is 31.2 Å². The maximum Gasteiger partial charge on any atom is 0.225 e. The lowest BCUT2D eigenvalue weighted by Crippen LogP contribution is -2.40. The third kappa shape index (κ3) is 4.39. The zero-order valence-corrected chi connectivity index (χ0v) is 14.5. The normalized spacial score (nSPS) is 16.6. The van der Waals surface area contributed by atoms with Gasteiger partial charge < -0.3 is 19.3 Å². The Kier molecular flexibility index (Phi) is 5.71. The molecule has 0 aliphatic carbocycles. The van der Waals surface area contributed by atoms with E-state index in [2.05, 4.69) is 4.98 Å². The van der Waals surface area contributed by atoms with Gasteiger partial charge in [-0.05, 0) is 30.9 Å². The van der Waals surface area contributed by atoms with Crippen molar-refractivity contribution in [1.82, 2.24) is 14.5 Å². The summed E-state index contributed by atoms with van der Waals surface area (Å²) in [6.45, 7) is 1.74. The molecule has 0 radical (unpaired) electrons. The van der Waals surface area contributed by atoms with E-state index >= 15 is 0 Å². The quantitative estimate of drug-likeness (QED) is 0.873. The summed E-state index contributed by atoms with van der Waals surface area (Å²) in [6.07, 6.45) is 4.92. The van der Waals surface area contributed by atoms with E-state index in [4.69, 9.17) is 4.74 Å². The first kappa shape index (κ1) is 17.5. The van der Waals surface area contributed by atoms with Crippen molar-refractivity contribution in [2.45, 2.75) is 25.4 Å². The molecule has 1 saturated heterocycles. The molecular weight excluding hydrogens is 318 g/mol. The molecule has 1 aliphatic rings. The number of hydrogen-bond acceptors (Lipinski definition) is 4. The van der Waals surface area contributed by atoms with E-state index in [-0.39, 0.29) is 11.8 Å². The van der Waals surface area contributed by atoms with Crippen LogP contribution in [0.5, 0.6) is 5.75 Å². The average molecular weight is 343 g/mol. The highest BCUT2D eigenvalue weighted by molar-refractivity contribution is 5.76. The number of aliphatic hydroxyl groups is 1. The SMILES string of the molecule is Cn1ccnc1[C@@H](O)C1CCN(C(=O)CCOc2ccccc2)CC1. The number of carbonyl (C=O) groups excluding carboxylic acids is 1. The molecule has 0 bridgehead atoms. The number of likely N-dealkylation sites (tertiary alicyclic amines) is 1. The number of benzene rings is 1. The molecule has 1 N–H and O–H groups in total. The topological polar surface area (TPSA) is 67.6 Å². The van der Waals surface area contributed by atoms with E-state index in [1.54, 1.807) is 6.20 Å². The van der Waals surface area contributed by atoms with Crippen molar-refractivity contribution in [2.75, 3.05) is 19.7 Å². The number of aliphatic hydroxyl groups excluding tert-OH is 1. The molecule has 0 saturated carbocycles. The van der Waals surface area contributed by atoms with E-state index in [0.29, 0.717) is 31.9 Å². The van der Waals surface area contributed by atoms with Gasteiger partial charge in [-0.25, -0.2) is 4.98 Å². The van der Waals surface area contributed by atoms with E-state index in [1.165, 1.54) is 0 Å². The second kappa shape index (κ2) is 8.16. The molecular formula is C19H25N3O3. The fraction of sp³-hybridized carbons (Fsp3) is 0.474. The zero-order valence-electron chi connectivity index (χ0n) is 14.5. The second-order valence-electron chi connectivity index (χ2n) is 6.47. The van der Waals surface area contributed by atoms with E-state index < -0.39 is 6.10 Å². The molecule has 1 aromatic heterocycles. The highest BCUT2D eigenvalue weighted by atomic mass is 16.5. The molecule has 2 aromatic rings. The lowest BCUT2D eigenvalue weighted by atomic mass is 9.90. The summed E-state index contributed by atoms with van der Waals surface area (Å²) in [5, 5.41) is 10.5. The number of aromatic nitrogens is 2. The van der Waals surface area contributed by atoms with Crippen LogP contribution in [0.15, 0.2) is 42.7 Å². The Morgan fingerprint density at radius 2 is 2.04 bits per heavy atom. The number of rotatable bonds is 6. The van der Waals surface area contributed by atoms with Crippen LogP contribution in [-0.2, 0) is 11.8 Å². The standard InChI is InChI=1S/C19H25N3O3/c1-21-13-10-20-19(21)18(24)15-7-11-22(12-8-15)17(23)9-14-25-16-5-3-2-4-6-16/h2-6,10,13,15,18,24H,7-9,11-12,14H2,1H3/t18-/m0/s1. The predicted molar refractivity (Wildman–Crippen MR) is 94.0 cm³/mol. The van der Waals surface area contributed by atoms with Gasteiger partial charge in [-0.2, -0.15) is 0 Å². The number of amides is 1. The molecule has 0 spiro atoms. The first-order valence-corrected chi connectivity index (χ1v) is 8.76. The van der Waals surface area contributed by atoms with Gasteiger partial charge in [0.05, 0.1) is 13.0 Å². The number of imidazole rings is 1. The minimum absolute atomic E-state index is 0.112. The molecule has 6 nitrogen and oxygen atoms in total. The average Bonchev–Trinajstić information content (AvgIpc) is 3.08. The number of ether oxygens (including phenoxy) is 1. The smallest absolute Gasteiger partial charge is 0.225 e. The Balaban J connectivity index is 1.42. The maximum absolute atomic E-state index is 12.3. The van der Waals surface area contributed by atoms with Crippen molar-refractivity contribution in [1.29, 1.82) is 0 Å². The van der Waals surface area contributed by atoms with E-state index in [9.17, 15) is 9.90 Å². The van der Waals surface area contributed by atoms with Gasteiger partial charge in [0.25, 0.3) is 0 Å². The third-order valence-electron chi connectivity index (χ3n) is 4.79. The summed E-state index contributed by atoms with van der Waals surface area (Å²) >= 11 is 0. The van der Waals surface area contributed by atoms with Gasteiger partial charge in [0.15, 0.2) is 0 Å². The fourth-order valence-electron chi connectivity index (χ4n) is 3.27. The Morgan fingerprint density at radius 3 is 2.68 bits per heavy atom. The molecule has 3 rings (SSSR count). The van der Waals surface area contributed by atoms with Crippen LogP contribution in [0.3, 0.4) is 0 Å². The predicted octanol–water partition coefficient (Wildman–Crippen LogP) is 2.16. The van der Waals surface area contributed by atoms with Crippen LogP contribution < -0.4 is 4.74 Å². The van der Waals surface area contributed by atoms with Gasteiger partial charge in [-0.3, -0.25) is 4.79 Å². The minimum Gasteiger partial charge on any atom is -0.493 e. The van der Waals surface area contributed by atoms with Crippen molar-refractivity contribution in [2.24, 2.45) is 13.0 Å².